The van der Waals surface area contributed by atoms with Gasteiger partial charge in [0, 0.05) is 12.5 Å². The van der Waals surface area contributed by atoms with Crippen molar-refractivity contribution in [3.05, 3.63) is 35.5 Å². The Balaban J connectivity index is 1.67. The molecule has 0 fully saturated rings. The van der Waals surface area contributed by atoms with Gasteiger partial charge in [-0.15, -0.1) is 0 Å². The lowest BCUT2D eigenvalue weighted by Gasteiger charge is -2.26. The first kappa shape index (κ1) is 16.4. The summed E-state index contributed by atoms with van der Waals surface area (Å²) in [6.45, 7) is 6.49. The number of ether oxygens (including phenoxy) is 1. The summed E-state index contributed by atoms with van der Waals surface area (Å²) in [7, 11) is 0. The molecular weight excluding hydrogens is 308 g/mol. The molecule has 0 unspecified atom stereocenters. The number of nitrogens with one attached hydrogen (secondary N) is 2. The molecule has 1 aliphatic rings. The van der Waals surface area contributed by atoms with Gasteiger partial charge in [-0.1, -0.05) is 25.1 Å². The van der Waals surface area contributed by atoms with E-state index in [0.717, 1.165) is 12.0 Å². The molecule has 0 saturated heterocycles. The summed E-state index contributed by atoms with van der Waals surface area (Å²) >= 11 is 0. The SMILES string of the molecule is CCc1nc(CN[C@H](C)c2ccc3c(c2)O[C@H](CC)C(=O)N3)no1. The van der Waals surface area contributed by atoms with Crippen molar-refractivity contribution >= 4 is 11.6 Å². The van der Waals surface area contributed by atoms with Gasteiger partial charge in [0.15, 0.2) is 11.9 Å². The highest BCUT2D eigenvalue weighted by Crippen LogP contribution is 2.33. The predicted molar refractivity (Wildman–Crippen MR) is 88.7 cm³/mol. The monoisotopic (exact) mass is 330 g/mol. The van der Waals surface area contributed by atoms with Crippen LogP contribution in [-0.4, -0.2) is 22.2 Å². The number of carbonyl (C=O) groups is 1. The molecule has 0 bridgehead atoms. The maximum Gasteiger partial charge on any atom is 0.265 e. The van der Waals surface area contributed by atoms with E-state index in [2.05, 4.69) is 27.7 Å². The lowest BCUT2D eigenvalue weighted by atomic mass is 10.1. The van der Waals surface area contributed by atoms with E-state index < -0.39 is 6.10 Å². The van der Waals surface area contributed by atoms with Gasteiger partial charge in [0.05, 0.1) is 12.2 Å². The molecule has 1 aliphatic heterocycles. The molecule has 0 saturated carbocycles. The Morgan fingerprint density at radius 2 is 2.21 bits per heavy atom. The van der Waals surface area contributed by atoms with Crippen LogP contribution in [0.3, 0.4) is 0 Å². The number of benzene rings is 1. The molecule has 1 amide bonds. The fraction of sp³-hybridized carbons (Fsp3) is 0.471. The number of rotatable bonds is 6. The zero-order valence-corrected chi connectivity index (χ0v) is 14.1. The van der Waals surface area contributed by atoms with E-state index in [1.54, 1.807) is 0 Å². The molecule has 128 valence electrons. The van der Waals surface area contributed by atoms with E-state index in [9.17, 15) is 4.79 Å². The van der Waals surface area contributed by atoms with Crippen molar-refractivity contribution in [1.29, 1.82) is 0 Å². The largest absolute Gasteiger partial charge is 0.478 e. The average molecular weight is 330 g/mol. The average Bonchev–Trinajstić information content (AvgIpc) is 3.06. The molecule has 2 atom stereocenters. The lowest BCUT2D eigenvalue weighted by molar-refractivity contribution is -0.123. The number of hydrogen-bond acceptors (Lipinski definition) is 6. The third-order valence-electron chi connectivity index (χ3n) is 4.07. The quantitative estimate of drug-likeness (QED) is 0.846. The number of fused-ring (bicyclic) bond motifs is 1. The first-order chi connectivity index (χ1) is 11.6. The highest BCUT2D eigenvalue weighted by molar-refractivity contribution is 5.97. The minimum atomic E-state index is -0.428. The van der Waals surface area contributed by atoms with Crippen LogP contribution in [0.15, 0.2) is 22.7 Å². The van der Waals surface area contributed by atoms with Gasteiger partial charge in [0.2, 0.25) is 5.89 Å². The number of aromatic nitrogens is 2. The molecule has 24 heavy (non-hydrogen) atoms. The van der Waals surface area contributed by atoms with Crippen LogP contribution in [0.5, 0.6) is 5.75 Å². The maximum absolute atomic E-state index is 11.8. The zero-order valence-electron chi connectivity index (χ0n) is 14.1. The summed E-state index contributed by atoms with van der Waals surface area (Å²) in [4.78, 5) is 16.1. The summed E-state index contributed by atoms with van der Waals surface area (Å²) in [6.07, 6.45) is 0.943. The van der Waals surface area contributed by atoms with Gasteiger partial charge in [-0.3, -0.25) is 4.79 Å². The molecule has 7 heteroatoms. The van der Waals surface area contributed by atoms with Gasteiger partial charge in [0.1, 0.15) is 5.75 Å². The third-order valence-corrected chi connectivity index (χ3v) is 4.07. The number of nitrogens with zero attached hydrogens (tertiary/aromatic N) is 2. The Morgan fingerprint density at radius 3 is 2.92 bits per heavy atom. The number of carbonyl (C=O) groups excluding carboxylic acids is 1. The number of hydrogen-bond donors (Lipinski definition) is 2. The van der Waals surface area contributed by atoms with Gasteiger partial charge in [-0.05, 0) is 31.0 Å². The normalized spacial score (nSPS) is 17.8. The van der Waals surface area contributed by atoms with Crippen LogP contribution in [-0.2, 0) is 17.8 Å². The second-order valence-corrected chi connectivity index (χ2v) is 5.82. The lowest BCUT2D eigenvalue weighted by Crippen LogP contribution is -2.36. The standard InChI is InChI=1S/C17H22N4O3/c1-4-13-17(22)19-12-7-6-11(8-14(12)23-13)10(3)18-9-15-20-16(5-2)24-21-15/h6-8,10,13,18H,4-5,9H2,1-3H3,(H,19,22)/t10-,13-/m1/s1. The molecule has 7 nitrogen and oxygen atoms in total. The highest BCUT2D eigenvalue weighted by atomic mass is 16.5. The molecule has 2 aromatic rings. The van der Waals surface area contributed by atoms with Crippen LogP contribution in [0.1, 0.15) is 50.5 Å². The molecule has 2 N–H and O–H groups in total. The topological polar surface area (TPSA) is 89.3 Å². The maximum atomic E-state index is 11.8. The fourth-order valence-corrected chi connectivity index (χ4v) is 2.57. The van der Waals surface area contributed by atoms with E-state index >= 15 is 0 Å². The van der Waals surface area contributed by atoms with Gasteiger partial charge >= 0.3 is 0 Å². The van der Waals surface area contributed by atoms with E-state index in [4.69, 9.17) is 9.26 Å². The van der Waals surface area contributed by atoms with Crippen LogP contribution < -0.4 is 15.4 Å². The van der Waals surface area contributed by atoms with Crippen LogP contribution in [0.4, 0.5) is 5.69 Å². The molecular formula is C17H22N4O3. The summed E-state index contributed by atoms with van der Waals surface area (Å²) in [6, 6.07) is 5.89. The molecule has 1 aromatic carbocycles. The van der Waals surface area contributed by atoms with Gasteiger partial charge < -0.3 is 19.9 Å². The highest BCUT2D eigenvalue weighted by Gasteiger charge is 2.26. The van der Waals surface area contributed by atoms with Gasteiger partial charge in [-0.2, -0.15) is 4.98 Å². The minimum Gasteiger partial charge on any atom is -0.478 e. The third kappa shape index (κ3) is 3.41. The summed E-state index contributed by atoms with van der Waals surface area (Å²) < 4.78 is 10.9. The Hall–Kier alpha value is -2.41. The predicted octanol–water partition coefficient (Wildman–Crippen LogP) is 2.59. The van der Waals surface area contributed by atoms with Gasteiger partial charge in [-0.25, -0.2) is 0 Å². The Morgan fingerprint density at radius 1 is 1.38 bits per heavy atom. The molecule has 1 aromatic heterocycles. The van der Waals surface area contributed by atoms with E-state index in [1.165, 1.54) is 0 Å². The second kappa shape index (κ2) is 7.00. The smallest absolute Gasteiger partial charge is 0.265 e. The first-order valence-corrected chi connectivity index (χ1v) is 8.27. The Bertz CT molecular complexity index is 728. The van der Waals surface area contributed by atoms with Crippen molar-refractivity contribution in [2.75, 3.05) is 5.32 Å². The van der Waals surface area contributed by atoms with Crippen LogP contribution in [0.2, 0.25) is 0 Å². The summed E-state index contributed by atoms with van der Waals surface area (Å²) in [5.74, 6) is 1.90. The van der Waals surface area contributed by atoms with Crippen molar-refractivity contribution in [2.24, 2.45) is 0 Å². The van der Waals surface area contributed by atoms with Crippen LogP contribution in [0.25, 0.3) is 0 Å². The summed E-state index contributed by atoms with van der Waals surface area (Å²) in [5, 5.41) is 10.2. The van der Waals surface area contributed by atoms with Crippen molar-refractivity contribution in [2.45, 2.75) is 52.3 Å². The number of anilines is 1. The van der Waals surface area contributed by atoms with Gasteiger partial charge in [0.25, 0.3) is 5.91 Å². The molecule has 0 aliphatic carbocycles. The fourth-order valence-electron chi connectivity index (χ4n) is 2.57. The van der Waals surface area contributed by atoms with Crippen molar-refractivity contribution in [3.8, 4) is 5.75 Å². The molecule has 3 rings (SSSR count). The van der Waals surface area contributed by atoms with E-state index in [0.29, 0.717) is 36.1 Å². The van der Waals surface area contributed by atoms with Crippen molar-refractivity contribution in [1.82, 2.24) is 15.5 Å². The van der Waals surface area contributed by atoms with E-state index in [1.807, 2.05) is 32.0 Å². The Kier molecular flexibility index (Phi) is 4.80. The Labute approximate surface area is 140 Å². The summed E-state index contributed by atoms with van der Waals surface area (Å²) in [5.41, 5.74) is 1.78. The molecule has 0 spiro atoms. The second-order valence-electron chi connectivity index (χ2n) is 5.82. The molecule has 0 radical (unpaired) electrons. The van der Waals surface area contributed by atoms with Crippen LogP contribution >= 0.6 is 0 Å². The molecule has 2 heterocycles. The first-order valence-electron chi connectivity index (χ1n) is 8.27. The van der Waals surface area contributed by atoms with Crippen molar-refractivity contribution in [3.63, 3.8) is 0 Å². The number of aryl methyl sites for hydroxylation is 1. The number of amides is 1. The minimum absolute atomic E-state index is 0.0835. The van der Waals surface area contributed by atoms with Crippen molar-refractivity contribution < 1.29 is 14.1 Å². The van der Waals surface area contributed by atoms with Crippen LogP contribution in [0, 0.1) is 0 Å². The van der Waals surface area contributed by atoms with E-state index in [-0.39, 0.29) is 11.9 Å². The zero-order chi connectivity index (χ0) is 17.1.